The summed E-state index contributed by atoms with van der Waals surface area (Å²) in [6.45, 7) is 5.56. The lowest BCUT2D eigenvalue weighted by molar-refractivity contribution is -0.128. The summed E-state index contributed by atoms with van der Waals surface area (Å²) >= 11 is 5.87. The minimum atomic E-state index is -0.558. The molecular weight excluding hydrogens is 404 g/mol. The highest BCUT2D eigenvalue weighted by molar-refractivity contribution is 6.30. The van der Waals surface area contributed by atoms with E-state index >= 15 is 0 Å². The van der Waals surface area contributed by atoms with Crippen LogP contribution in [0.2, 0.25) is 5.02 Å². The zero-order valence-electron chi connectivity index (χ0n) is 17.0. The van der Waals surface area contributed by atoms with Crippen LogP contribution in [0.4, 0.5) is 0 Å². The summed E-state index contributed by atoms with van der Waals surface area (Å²) in [5.41, 5.74) is 2.76. The number of carbonyl (C=O) groups is 2. The van der Waals surface area contributed by atoms with Crippen molar-refractivity contribution >= 4 is 34.2 Å². The highest BCUT2D eigenvalue weighted by Crippen LogP contribution is 2.16. The average Bonchev–Trinajstić information content (AvgIpc) is 2.70. The van der Waals surface area contributed by atoms with Crippen molar-refractivity contribution in [1.29, 1.82) is 0 Å². The molecule has 0 saturated heterocycles. The Morgan fingerprint density at radius 3 is 2.30 bits per heavy atom. The van der Waals surface area contributed by atoms with Gasteiger partial charge < -0.3 is 5.32 Å². The van der Waals surface area contributed by atoms with Crippen LogP contribution in [0.3, 0.4) is 0 Å². The number of amides is 2. The van der Waals surface area contributed by atoms with Crippen LogP contribution in [0.15, 0.2) is 53.3 Å². The van der Waals surface area contributed by atoms with Gasteiger partial charge in [-0.1, -0.05) is 62.7 Å². The van der Waals surface area contributed by atoms with Crippen molar-refractivity contribution in [1.82, 2.24) is 15.2 Å². The number of halogens is 1. The fourth-order valence-electron chi connectivity index (χ4n) is 2.84. The third-order valence-electron chi connectivity index (χ3n) is 4.49. The first-order chi connectivity index (χ1) is 14.1. The predicted molar refractivity (Wildman–Crippen MR) is 117 cm³/mol. The summed E-state index contributed by atoms with van der Waals surface area (Å²) in [5.74, 6) is -0.537. The van der Waals surface area contributed by atoms with E-state index in [0.29, 0.717) is 21.5 Å². The van der Waals surface area contributed by atoms with E-state index in [0.717, 1.165) is 10.4 Å². The van der Waals surface area contributed by atoms with Gasteiger partial charge in [0.05, 0.1) is 24.0 Å². The molecule has 3 aromatic rings. The normalized spacial score (nSPS) is 11.3. The lowest BCUT2D eigenvalue weighted by atomic mass is 9.95. The Balaban J connectivity index is 1.88. The molecule has 30 heavy (non-hydrogen) atoms. The molecule has 0 fully saturated rings. The van der Waals surface area contributed by atoms with Gasteiger partial charge in [-0.15, -0.1) is 4.79 Å². The van der Waals surface area contributed by atoms with Crippen molar-refractivity contribution in [2.45, 2.75) is 33.7 Å². The molecule has 0 bridgehead atoms. The molecule has 2 N–H and O–H groups in total. The minimum Gasteiger partial charge on any atom is -0.350 e. The number of benzene rings is 2. The monoisotopic (exact) mass is 426 g/mol. The summed E-state index contributed by atoms with van der Waals surface area (Å²) in [7, 11) is 0. The van der Waals surface area contributed by atoms with Gasteiger partial charge in [0, 0.05) is 15.8 Å². The first-order valence-electron chi connectivity index (χ1n) is 9.49. The fraction of sp³-hybridized carbons (Fsp3) is 0.273. The quantitative estimate of drug-likeness (QED) is 0.655. The molecule has 0 spiro atoms. The van der Waals surface area contributed by atoms with E-state index < -0.39 is 16.9 Å². The van der Waals surface area contributed by atoms with E-state index in [2.05, 4.69) is 15.8 Å². The molecule has 7 nitrogen and oxygen atoms in total. The maximum absolute atomic E-state index is 12.8. The topological polar surface area (TPSA) is 93.1 Å². The Morgan fingerprint density at radius 1 is 1.03 bits per heavy atom. The van der Waals surface area contributed by atoms with E-state index in [9.17, 15) is 14.4 Å². The number of hydrogen-bond donors (Lipinski definition) is 2. The number of carbonyl (C=O) groups excluding carboxylic acids is 2. The van der Waals surface area contributed by atoms with Gasteiger partial charge in [-0.05, 0) is 23.8 Å². The van der Waals surface area contributed by atoms with Gasteiger partial charge in [0.2, 0.25) is 11.8 Å². The van der Waals surface area contributed by atoms with Crippen LogP contribution in [0.1, 0.15) is 32.0 Å². The van der Waals surface area contributed by atoms with Gasteiger partial charge in [0.25, 0.3) is 5.56 Å². The third kappa shape index (κ3) is 5.04. The summed E-state index contributed by atoms with van der Waals surface area (Å²) in [4.78, 5) is 38.4. The lowest BCUT2D eigenvalue weighted by Crippen LogP contribution is -2.38. The number of nitrogens with zero attached hydrogens (tertiary/aromatic N) is 2. The summed E-state index contributed by atoms with van der Waals surface area (Å²) in [5, 5.41) is 8.73. The van der Waals surface area contributed by atoms with Crippen molar-refractivity contribution in [3.05, 3.63) is 75.2 Å². The van der Waals surface area contributed by atoms with Crippen LogP contribution in [-0.4, -0.2) is 21.7 Å². The second-order valence-corrected chi connectivity index (χ2v) is 8.42. The molecule has 1 heterocycles. The van der Waals surface area contributed by atoms with Crippen molar-refractivity contribution in [2.75, 3.05) is 5.43 Å². The third-order valence-corrected chi connectivity index (χ3v) is 4.74. The molecule has 0 atom stereocenters. The number of aromatic nitrogens is 2. The summed E-state index contributed by atoms with van der Waals surface area (Å²) in [6, 6.07) is 13.8. The Morgan fingerprint density at radius 2 is 1.67 bits per heavy atom. The van der Waals surface area contributed by atoms with Crippen molar-refractivity contribution in [3.8, 4) is 0 Å². The molecule has 0 unspecified atom stereocenters. The van der Waals surface area contributed by atoms with Gasteiger partial charge in [0.15, 0.2) is 0 Å². The molecule has 3 rings (SSSR count). The van der Waals surface area contributed by atoms with Gasteiger partial charge in [-0.2, -0.15) is 5.10 Å². The van der Waals surface area contributed by atoms with Crippen LogP contribution in [0.25, 0.3) is 10.8 Å². The van der Waals surface area contributed by atoms with E-state index in [1.54, 1.807) is 48.5 Å². The first kappa shape index (κ1) is 21.5. The number of fused-ring (bicyclic) bond motifs is 1. The summed E-state index contributed by atoms with van der Waals surface area (Å²) in [6.07, 6.45) is 0.0637. The highest BCUT2D eigenvalue weighted by atomic mass is 35.5. The second-order valence-electron chi connectivity index (χ2n) is 7.98. The minimum absolute atomic E-state index is 0.0637. The molecule has 2 aromatic carbocycles. The Bertz CT molecular complexity index is 1150. The smallest absolute Gasteiger partial charge is 0.294 e. The zero-order chi connectivity index (χ0) is 21.9. The molecule has 0 saturated carbocycles. The molecule has 156 valence electrons. The lowest BCUT2D eigenvalue weighted by Gasteiger charge is -2.18. The standard InChI is InChI=1S/C22H23ClN4O3/c1-22(2,3)21(30)24-13-18-16-6-4-5-7-17(16)20(29)27(25-18)26-19(28)12-14-8-10-15(23)11-9-14/h4-11H,12-13H2,1-3H3,(H,24,30)(H,26,28). The van der Waals surface area contributed by atoms with E-state index in [4.69, 9.17) is 11.6 Å². The molecule has 0 aliphatic rings. The van der Waals surface area contributed by atoms with Crippen LogP contribution in [-0.2, 0) is 22.6 Å². The number of hydrogen-bond acceptors (Lipinski definition) is 4. The number of nitrogens with one attached hydrogen (secondary N) is 2. The molecule has 0 aliphatic carbocycles. The van der Waals surface area contributed by atoms with Gasteiger partial charge in [0.1, 0.15) is 0 Å². The van der Waals surface area contributed by atoms with Crippen molar-refractivity contribution in [3.63, 3.8) is 0 Å². The Kier molecular flexibility index (Phi) is 6.22. The molecule has 0 radical (unpaired) electrons. The van der Waals surface area contributed by atoms with E-state index in [1.165, 1.54) is 0 Å². The second kappa shape index (κ2) is 8.67. The fourth-order valence-corrected chi connectivity index (χ4v) is 2.96. The van der Waals surface area contributed by atoms with E-state index in [-0.39, 0.29) is 18.9 Å². The van der Waals surface area contributed by atoms with Gasteiger partial charge in [-0.3, -0.25) is 14.4 Å². The van der Waals surface area contributed by atoms with Crippen molar-refractivity contribution in [2.24, 2.45) is 5.41 Å². The molecule has 8 heteroatoms. The summed E-state index contributed by atoms with van der Waals surface area (Å²) < 4.78 is 0. The maximum Gasteiger partial charge on any atom is 0.294 e. The highest BCUT2D eigenvalue weighted by Gasteiger charge is 2.21. The zero-order valence-corrected chi connectivity index (χ0v) is 17.8. The largest absolute Gasteiger partial charge is 0.350 e. The first-order valence-corrected chi connectivity index (χ1v) is 9.86. The number of rotatable bonds is 5. The Labute approximate surface area is 179 Å². The van der Waals surface area contributed by atoms with Crippen LogP contribution < -0.4 is 16.3 Å². The molecule has 1 aromatic heterocycles. The average molecular weight is 427 g/mol. The SMILES string of the molecule is CC(C)(C)C(=O)NCc1nn(NC(=O)Cc2ccc(Cl)cc2)c(=O)c2ccccc12. The Hall–Kier alpha value is -3.19. The van der Waals surface area contributed by atoms with Crippen LogP contribution >= 0.6 is 11.6 Å². The van der Waals surface area contributed by atoms with Crippen LogP contribution in [0, 0.1) is 5.41 Å². The van der Waals surface area contributed by atoms with Crippen LogP contribution in [0.5, 0.6) is 0 Å². The molecule has 0 aliphatic heterocycles. The predicted octanol–water partition coefficient (Wildman–Crippen LogP) is 3.03. The van der Waals surface area contributed by atoms with Gasteiger partial charge >= 0.3 is 0 Å². The molecule has 2 amide bonds. The van der Waals surface area contributed by atoms with E-state index in [1.807, 2.05) is 20.8 Å². The maximum atomic E-state index is 12.8. The van der Waals surface area contributed by atoms with Crippen molar-refractivity contribution < 1.29 is 9.59 Å². The molecular formula is C22H23ClN4O3. The van der Waals surface area contributed by atoms with Gasteiger partial charge in [-0.25, -0.2) is 5.43 Å².